The summed E-state index contributed by atoms with van der Waals surface area (Å²) in [6.07, 6.45) is 0. The van der Waals surface area contributed by atoms with E-state index in [1.165, 1.54) is 16.2 Å². The van der Waals surface area contributed by atoms with Crippen molar-refractivity contribution in [2.45, 2.75) is 0 Å². The monoisotopic (exact) mass is 575 g/mol. The van der Waals surface area contributed by atoms with Crippen LogP contribution >= 0.6 is 0 Å². The van der Waals surface area contributed by atoms with E-state index in [0.29, 0.717) is 17.5 Å². The molecule has 0 aliphatic heterocycles. The molecule has 0 aliphatic carbocycles. The third kappa shape index (κ3) is 4.35. The maximum Gasteiger partial charge on any atom is 0.164 e. The second kappa shape index (κ2) is 10.2. The molecule has 0 atom stereocenters. The molecule has 0 spiro atoms. The Labute approximate surface area is 259 Å². The average molecular weight is 576 g/mol. The molecule has 0 amide bonds. The SMILES string of the molecule is c1ccc(-c2nc(-c3ccc4oc5ccccc5c4c3)nc(-c3cc4ccccc4cc3-c3cccc4ccccc34)n2)cc1. The van der Waals surface area contributed by atoms with Crippen molar-refractivity contribution in [2.75, 3.05) is 0 Å². The molecule has 0 saturated heterocycles. The summed E-state index contributed by atoms with van der Waals surface area (Å²) in [4.78, 5) is 15.4. The first kappa shape index (κ1) is 25.4. The van der Waals surface area contributed by atoms with Gasteiger partial charge in [-0.1, -0.05) is 115 Å². The van der Waals surface area contributed by atoms with Gasteiger partial charge >= 0.3 is 0 Å². The van der Waals surface area contributed by atoms with Crippen LogP contribution in [0.5, 0.6) is 0 Å². The van der Waals surface area contributed by atoms with E-state index in [1.807, 2.05) is 60.7 Å². The molecule has 9 rings (SSSR count). The number of hydrogen-bond donors (Lipinski definition) is 0. The number of fused-ring (bicyclic) bond motifs is 5. The number of rotatable bonds is 4. The predicted molar refractivity (Wildman–Crippen MR) is 184 cm³/mol. The second-order valence-corrected chi connectivity index (χ2v) is 11.3. The molecule has 0 radical (unpaired) electrons. The van der Waals surface area contributed by atoms with E-state index in [0.717, 1.165) is 55.1 Å². The van der Waals surface area contributed by atoms with E-state index in [9.17, 15) is 0 Å². The number of nitrogens with zero attached hydrogens (tertiary/aromatic N) is 3. The van der Waals surface area contributed by atoms with Crippen LogP contribution in [0.25, 0.3) is 88.8 Å². The number of para-hydroxylation sites is 1. The van der Waals surface area contributed by atoms with Crippen molar-refractivity contribution in [3.05, 3.63) is 152 Å². The second-order valence-electron chi connectivity index (χ2n) is 11.3. The van der Waals surface area contributed by atoms with Crippen molar-refractivity contribution in [1.29, 1.82) is 0 Å². The lowest BCUT2D eigenvalue weighted by Crippen LogP contribution is -2.01. The number of aromatic nitrogens is 3. The molecule has 9 aromatic rings. The molecule has 0 saturated carbocycles. The minimum absolute atomic E-state index is 0.614. The molecule has 0 fully saturated rings. The molecular formula is C41H25N3O. The van der Waals surface area contributed by atoms with Crippen molar-refractivity contribution in [3.63, 3.8) is 0 Å². The van der Waals surface area contributed by atoms with E-state index >= 15 is 0 Å². The molecule has 2 aromatic heterocycles. The fourth-order valence-electron chi connectivity index (χ4n) is 6.32. The molecule has 0 unspecified atom stereocenters. The summed E-state index contributed by atoms with van der Waals surface area (Å²) in [6, 6.07) is 52.3. The summed E-state index contributed by atoms with van der Waals surface area (Å²) >= 11 is 0. The van der Waals surface area contributed by atoms with Gasteiger partial charge in [0.2, 0.25) is 0 Å². The maximum absolute atomic E-state index is 6.12. The Kier molecular flexibility index (Phi) is 5.78. The van der Waals surface area contributed by atoms with E-state index < -0.39 is 0 Å². The van der Waals surface area contributed by atoms with Crippen molar-refractivity contribution in [2.24, 2.45) is 0 Å². The lowest BCUT2D eigenvalue weighted by molar-refractivity contribution is 0.669. The fourth-order valence-corrected chi connectivity index (χ4v) is 6.32. The largest absolute Gasteiger partial charge is 0.456 e. The minimum Gasteiger partial charge on any atom is -0.456 e. The van der Waals surface area contributed by atoms with Crippen LogP contribution in [0, 0.1) is 0 Å². The van der Waals surface area contributed by atoms with Crippen LogP contribution in [0.4, 0.5) is 0 Å². The van der Waals surface area contributed by atoms with Gasteiger partial charge in [-0.3, -0.25) is 0 Å². The normalized spacial score (nSPS) is 11.6. The van der Waals surface area contributed by atoms with Crippen LogP contribution in [0.3, 0.4) is 0 Å². The topological polar surface area (TPSA) is 51.8 Å². The van der Waals surface area contributed by atoms with Gasteiger partial charge in [0, 0.05) is 27.5 Å². The van der Waals surface area contributed by atoms with Crippen LogP contribution in [-0.4, -0.2) is 15.0 Å². The smallest absolute Gasteiger partial charge is 0.164 e. The Morgan fingerprint density at radius 3 is 1.76 bits per heavy atom. The molecule has 2 heterocycles. The van der Waals surface area contributed by atoms with Crippen molar-refractivity contribution >= 4 is 43.5 Å². The Bertz CT molecular complexity index is 2540. The van der Waals surface area contributed by atoms with E-state index in [-0.39, 0.29) is 0 Å². The van der Waals surface area contributed by atoms with E-state index in [4.69, 9.17) is 19.4 Å². The third-order valence-corrected chi connectivity index (χ3v) is 8.51. The van der Waals surface area contributed by atoms with E-state index in [2.05, 4.69) is 91.0 Å². The zero-order chi connectivity index (χ0) is 29.7. The van der Waals surface area contributed by atoms with Crippen LogP contribution < -0.4 is 0 Å². The first-order valence-corrected chi connectivity index (χ1v) is 15.0. The molecule has 210 valence electrons. The number of benzene rings is 7. The van der Waals surface area contributed by atoms with Gasteiger partial charge in [0.25, 0.3) is 0 Å². The quantitative estimate of drug-likeness (QED) is 0.209. The third-order valence-electron chi connectivity index (χ3n) is 8.51. The number of furan rings is 1. The van der Waals surface area contributed by atoms with Gasteiger partial charge < -0.3 is 4.42 Å². The zero-order valence-electron chi connectivity index (χ0n) is 24.2. The van der Waals surface area contributed by atoms with Crippen molar-refractivity contribution < 1.29 is 4.42 Å². The van der Waals surface area contributed by atoms with Gasteiger partial charge in [-0.05, 0) is 69.1 Å². The molecule has 7 aromatic carbocycles. The van der Waals surface area contributed by atoms with Gasteiger partial charge in [-0.15, -0.1) is 0 Å². The highest BCUT2D eigenvalue weighted by molar-refractivity contribution is 6.06. The Morgan fingerprint density at radius 2 is 0.933 bits per heavy atom. The van der Waals surface area contributed by atoms with Crippen LogP contribution in [0.15, 0.2) is 156 Å². The summed E-state index contributed by atoms with van der Waals surface area (Å²) in [6.45, 7) is 0. The molecule has 0 N–H and O–H groups in total. The van der Waals surface area contributed by atoms with Gasteiger partial charge in [-0.2, -0.15) is 0 Å². The summed E-state index contributed by atoms with van der Waals surface area (Å²) < 4.78 is 6.12. The van der Waals surface area contributed by atoms with Gasteiger partial charge in [-0.25, -0.2) is 15.0 Å². The first-order chi connectivity index (χ1) is 22.3. The van der Waals surface area contributed by atoms with Crippen LogP contribution in [0.2, 0.25) is 0 Å². The highest BCUT2D eigenvalue weighted by atomic mass is 16.3. The minimum atomic E-state index is 0.614. The first-order valence-electron chi connectivity index (χ1n) is 15.0. The molecular weight excluding hydrogens is 550 g/mol. The van der Waals surface area contributed by atoms with Gasteiger partial charge in [0.05, 0.1) is 0 Å². The molecule has 0 bridgehead atoms. The summed E-state index contributed by atoms with van der Waals surface area (Å²) in [5, 5.41) is 6.78. The molecule has 4 nitrogen and oxygen atoms in total. The van der Waals surface area contributed by atoms with Gasteiger partial charge in [0.15, 0.2) is 17.5 Å². The summed E-state index contributed by atoms with van der Waals surface area (Å²) in [7, 11) is 0. The zero-order valence-corrected chi connectivity index (χ0v) is 24.2. The predicted octanol–water partition coefficient (Wildman–Crippen LogP) is 10.7. The van der Waals surface area contributed by atoms with Crippen LogP contribution in [-0.2, 0) is 0 Å². The summed E-state index contributed by atoms with van der Waals surface area (Å²) in [5.74, 6) is 1.87. The van der Waals surface area contributed by atoms with Crippen LogP contribution in [0.1, 0.15) is 0 Å². The summed E-state index contributed by atoms with van der Waals surface area (Å²) in [5.41, 5.74) is 6.72. The van der Waals surface area contributed by atoms with Crippen molar-refractivity contribution in [1.82, 2.24) is 15.0 Å². The van der Waals surface area contributed by atoms with E-state index in [1.54, 1.807) is 0 Å². The maximum atomic E-state index is 6.12. The lowest BCUT2D eigenvalue weighted by atomic mass is 9.91. The molecule has 45 heavy (non-hydrogen) atoms. The highest BCUT2D eigenvalue weighted by Gasteiger charge is 2.19. The Hall–Kier alpha value is -6.13. The Morgan fingerprint density at radius 1 is 0.333 bits per heavy atom. The highest BCUT2D eigenvalue weighted by Crippen LogP contribution is 2.39. The molecule has 0 aliphatic rings. The fraction of sp³-hybridized carbons (Fsp3) is 0. The molecule has 4 heteroatoms. The lowest BCUT2D eigenvalue weighted by Gasteiger charge is -2.15. The standard InChI is InChI=1S/C41H25N3O/c1-2-12-27(13-3-1)39-42-40(30-21-22-38-35(25-30)33-18-8-9-20-37(33)45-38)44-41(43-39)36-24-29-15-5-4-14-28(29)23-34(36)32-19-10-16-26-11-6-7-17-31(26)32/h1-25H. The number of hydrogen-bond acceptors (Lipinski definition) is 4. The van der Waals surface area contributed by atoms with Gasteiger partial charge in [0.1, 0.15) is 11.2 Å². The average Bonchev–Trinajstić information content (AvgIpc) is 3.49. The van der Waals surface area contributed by atoms with Crippen molar-refractivity contribution in [3.8, 4) is 45.3 Å². The Balaban J connectivity index is 1.33.